The molecule has 0 N–H and O–H groups in total. The first-order valence-electron chi connectivity index (χ1n) is 4.37. The molecular weight excluding hydrogens is 206 g/mol. The van der Waals surface area contributed by atoms with E-state index in [1.165, 1.54) is 12.8 Å². The molecule has 0 aliphatic carbocycles. The van der Waals surface area contributed by atoms with Gasteiger partial charge in [-0.25, -0.2) is 0 Å². The smallest absolute Gasteiger partial charge is 0.190 e. The molecule has 0 radical (unpaired) electrons. The zero-order chi connectivity index (χ0) is 9.52. The highest BCUT2D eigenvalue weighted by atomic mass is 35.5. The molecule has 0 atom stereocenters. The summed E-state index contributed by atoms with van der Waals surface area (Å²) in [7, 11) is 1.96. The van der Waals surface area contributed by atoms with Gasteiger partial charge in [-0.2, -0.15) is 0 Å². The number of halogens is 1. The Morgan fingerprint density at radius 3 is 2.92 bits per heavy atom. The fraction of sp³-hybridized carbons (Fsp3) is 0.750. The Bertz CT molecular complexity index is 239. The van der Waals surface area contributed by atoms with Crippen LogP contribution in [0.15, 0.2) is 11.5 Å². The van der Waals surface area contributed by atoms with E-state index in [2.05, 4.69) is 10.2 Å². The van der Waals surface area contributed by atoms with Gasteiger partial charge in [0.25, 0.3) is 0 Å². The average molecular weight is 220 g/mol. The third kappa shape index (κ3) is 4.00. The average Bonchev–Trinajstić information content (AvgIpc) is 2.52. The van der Waals surface area contributed by atoms with Gasteiger partial charge in [0.2, 0.25) is 0 Å². The number of hydrogen-bond acceptors (Lipinski definition) is 3. The maximum atomic E-state index is 5.57. The van der Waals surface area contributed by atoms with Crippen LogP contribution in [0.2, 0.25) is 0 Å². The lowest BCUT2D eigenvalue weighted by Crippen LogP contribution is -1.90. The molecule has 74 valence electrons. The molecule has 0 saturated carbocycles. The lowest BCUT2D eigenvalue weighted by Gasteiger charge is -1.99. The molecule has 1 heterocycles. The molecular formula is C8H14ClN3S. The fourth-order valence-corrected chi connectivity index (χ4v) is 2.02. The number of hydrogen-bond donors (Lipinski definition) is 0. The van der Waals surface area contributed by atoms with Gasteiger partial charge in [0, 0.05) is 18.7 Å². The van der Waals surface area contributed by atoms with E-state index in [0.717, 1.165) is 23.2 Å². The normalized spacial score (nSPS) is 10.6. The minimum Gasteiger partial charge on any atom is -0.312 e. The van der Waals surface area contributed by atoms with Gasteiger partial charge in [-0.1, -0.05) is 18.2 Å². The Morgan fingerprint density at radius 1 is 1.46 bits per heavy atom. The number of aryl methyl sites for hydroxylation is 1. The molecule has 0 aliphatic heterocycles. The second-order valence-electron chi connectivity index (χ2n) is 2.82. The van der Waals surface area contributed by atoms with Crippen molar-refractivity contribution in [1.29, 1.82) is 0 Å². The van der Waals surface area contributed by atoms with E-state index in [-0.39, 0.29) is 0 Å². The van der Waals surface area contributed by atoms with Crippen LogP contribution in [0.1, 0.15) is 19.3 Å². The summed E-state index contributed by atoms with van der Waals surface area (Å²) in [5, 5.41) is 8.78. The second kappa shape index (κ2) is 6.27. The van der Waals surface area contributed by atoms with Crippen molar-refractivity contribution in [3.05, 3.63) is 6.33 Å². The number of aromatic nitrogens is 3. The standard InChI is InChI=1S/C8H14ClN3S/c1-12-7-10-11-8(12)13-6-4-2-3-5-9/h7H,2-6H2,1H3. The molecule has 1 aromatic rings. The Morgan fingerprint density at radius 2 is 2.31 bits per heavy atom. The van der Waals surface area contributed by atoms with Crippen molar-refractivity contribution in [3.63, 3.8) is 0 Å². The van der Waals surface area contributed by atoms with Crippen molar-refractivity contribution >= 4 is 23.4 Å². The lowest BCUT2D eigenvalue weighted by atomic mass is 10.3. The summed E-state index contributed by atoms with van der Waals surface area (Å²) in [6.45, 7) is 0. The predicted molar refractivity (Wildman–Crippen MR) is 56.3 cm³/mol. The van der Waals surface area contributed by atoms with Gasteiger partial charge < -0.3 is 4.57 Å². The van der Waals surface area contributed by atoms with Gasteiger partial charge in [-0.15, -0.1) is 21.8 Å². The lowest BCUT2D eigenvalue weighted by molar-refractivity contribution is 0.768. The summed E-state index contributed by atoms with van der Waals surface area (Å²) in [6, 6.07) is 0. The molecule has 0 fully saturated rings. The van der Waals surface area contributed by atoms with Crippen molar-refractivity contribution in [2.75, 3.05) is 11.6 Å². The Kier molecular flexibility index (Phi) is 5.23. The zero-order valence-corrected chi connectivity index (χ0v) is 9.31. The van der Waals surface area contributed by atoms with Gasteiger partial charge in [-0.3, -0.25) is 0 Å². The third-order valence-corrected chi connectivity index (χ3v) is 3.07. The first kappa shape index (κ1) is 10.9. The summed E-state index contributed by atoms with van der Waals surface area (Å²) in [5.41, 5.74) is 0. The Balaban J connectivity index is 2.10. The van der Waals surface area contributed by atoms with Crippen molar-refractivity contribution in [1.82, 2.24) is 14.8 Å². The van der Waals surface area contributed by atoms with Crippen molar-refractivity contribution in [3.8, 4) is 0 Å². The van der Waals surface area contributed by atoms with Gasteiger partial charge in [0.05, 0.1) is 0 Å². The van der Waals surface area contributed by atoms with Gasteiger partial charge in [-0.05, 0) is 12.8 Å². The van der Waals surface area contributed by atoms with Crippen molar-refractivity contribution in [2.45, 2.75) is 24.4 Å². The van der Waals surface area contributed by atoms with Crippen LogP contribution < -0.4 is 0 Å². The summed E-state index contributed by atoms with van der Waals surface area (Å²) in [4.78, 5) is 0. The Hall–Kier alpha value is -0.220. The fourth-order valence-electron chi connectivity index (χ4n) is 0.940. The van der Waals surface area contributed by atoms with Crippen molar-refractivity contribution in [2.24, 2.45) is 7.05 Å². The maximum absolute atomic E-state index is 5.57. The van der Waals surface area contributed by atoms with Crippen LogP contribution in [0.4, 0.5) is 0 Å². The molecule has 1 rings (SSSR count). The van der Waals surface area contributed by atoms with Crippen LogP contribution in [0.25, 0.3) is 0 Å². The quantitative estimate of drug-likeness (QED) is 0.418. The summed E-state index contributed by atoms with van der Waals surface area (Å²) in [5.74, 6) is 1.87. The second-order valence-corrected chi connectivity index (χ2v) is 4.26. The van der Waals surface area contributed by atoms with E-state index in [4.69, 9.17) is 11.6 Å². The molecule has 3 nitrogen and oxygen atoms in total. The van der Waals surface area contributed by atoms with Gasteiger partial charge >= 0.3 is 0 Å². The monoisotopic (exact) mass is 219 g/mol. The van der Waals surface area contributed by atoms with Crippen LogP contribution in [0, 0.1) is 0 Å². The molecule has 1 aromatic heterocycles. The Labute approximate surface area is 87.9 Å². The molecule has 0 saturated heterocycles. The van der Waals surface area contributed by atoms with Crippen LogP contribution in [0.5, 0.6) is 0 Å². The predicted octanol–water partition coefficient (Wildman–Crippen LogP) is 2.32. The van der Waals surface area contributed by atoms with Crippen LogP contribution in [-0.4, -0.2) is 26.4 Å². The molecule has 0 bridgehead atoms. The SMILES string of the molecule is Cn1cnnc1SCCCCCCl. The minimum absolute atomic E-state index is 0.772. The maximum Gasteiger partial charge on any atom is 0.190 e. The highest BCUT2D eigenvalue weighted by molar-refractivity contribution is 7.99. The van der Waals surface area contributed by atoms with Crippen LogP contribution in [-0.2, 0) is 7.05 Å². The molecule has 0 unspecified atom stereocenters. The third-order valence-electron chi connectivity index (χ3n) is 1.68. The topological polar surface area (TPSA) is 30.7 Å². The molecule has 0 aromatic carbocycles. The number of rotatable bonds is 6. The molecule has 13 heavy (non-hydrogen) atoms. The van der Waals surface area contributed by atoms with E-state index >= 15 is 0 Å². The van der Waals surface area contributed by atoms with E-state index in [1.807, 2.05) is 11.6 Å². The first-order valence-corrected chi connectivity index (χ1v) is 5.89. The summed E-state index contributed by atoms with van der Waals surface area (Å²) >= 11 is 7.32. The minimum atomic E-state index is 0.772. The highest BCUT2D eigenvalue weighted by Gasteiger charge is 1.99. The van der Waals surface area contributed by atoms with E-state index in [1.54, 1.807) is 18.1 Å². The van der Waals surface area contributed by atoms with Gasteiger partial charge in [0.1, 0.15) is 6.33 Å². The summed E-state index contributed by atoms with van der Waals surface area (Å²) < 4.78 is 1.94. The number of thioether (sulfide) groups is 1. The number of nitrogens with zero attached hydrogens (tertiary/aromatic N) is 3. The van der Waals surface area contributed by atoms with Crippen LogP contribution in [0.3, 0.4) is 0 Å². The molecule has 0 amide bonds. The first-order chi connectivity index (χ1) is 6.34. The van der Waals surface area contributed by atoms with E-state index in [0.29, 0.717) is 0 Å². The molecule has 0 spiro atoms. The number of alkyl halides is 1. The van der Waals surface area contributed by atoms with Gasteiger partial charge in [0.15, 0.2) is 5.16 Å². The highest BCUT2D eigenvalue weighted by Crippen LogP contribution is 2.15. The van der Waals surface area contributed by atoms with E-state index < -0.39 is 0 Å². The largest absolute Gasteiger partial charge is 0.312 e. The molecule has 0 aliphatic rings. The van der Waals surface area contributed by atoms with E-state index in [9.17, 15) is 0 Å². The molecule has 5 heteroatoms. The summed E-state index contributed by atoms with van der Waals surface area (Å²) in [6.07, 6.45) is 5.24. The van der Waals surface area contributed by atoms with Crippen LogP contribution >= 0.6 is 23.4 Å². The van der Waals surface area contributed by atoms with Crippen molar-refractivity contribution < 1.29 is 0 Å². The zero-order valence-electron chi connectivity index (χ0n) is 7.74. The number of unbranched alkanes of at least 4 members (excludes halogenated alkanes) is 2.